The van der Waals surface area contributed by atoms with Crippen molar-refractivity contribution in [2.45, 2.75) is 44.0 Å². The second kappa shape index (κ2) is 8.59. The Labute approximate surface area is 153 Å². The van der Waals surface area contributed by atoms with Crippen LogP contribution in [0.25, 0.3) is 0 Å². The molecule has 9 heteroatoms. The molecule has 0 aliphatic carbocycles. The number of hydrogen-bond donors (Lipinski definition) is 2. The van der Waals surface area contributed by atoms with Gasteiger partial charge in [0.25, 0.3) is 5.91 Å². The van der Waals surface area contributed by atoms with Crippen LogP contribution in [0.2, 0.25) is 0 Å². The van der Waals surface area contributed by atoms with Crippen LogP contribution < -0.4 is 10.6 Å². The monoisotopic (exact) mass is 385 g/mol. The Bertz CT molecular complexity index is 778. The molecule has 1 aromatic rings. The minimum atomic E-state index is -3.82. The number of carbonyl (C=O) groups excluding carboxylic acids is 2. The quantitative estimate of drug-likeness (QED) is 0.771. The first kappa shape index (κ1) is 20.3. The molecule has 1 atom stereocenters. The first-order valence-electron chi connectivity index (χ1n) is 8.69. The molecule has 26 heavy (non-hydrogen) atoms. The lowest BCUT2D eigenvalue weighted by Crippen LogP contribution is -2.45. The molecular weight excluding hydrogens is 361 g/mol. The van der Waals surface area contributed by atoms with Crippen LogP contribution in [0.4, 0.5) is 4.39 Å². The number of benzene rings is 1. The standard InChI is InChI=1S/C17H24FN3O4S/c1-3-21(4-2)26(24,25)12-8-9-14(18)13(11-12)16(22)20-15-7-5-6-10-19-17(15)23/h8-9,11,15H,3-7,10H2,1-2H3,(H,19,23)(H,20,22)/t15-/m0/s1. The topological polar surface area (TPSA) is 95.6 Å². The fourth-order valence-electron chi connectivity index (χ4n) is 2.86. The maximum absolute atomic E-state index is 14.1. The van der Waals surface area contributed by atoms with Gasteiger partial charge in [-0.15, -0.1) is 0 Å². The summed E-state index contributed by atoms with van der Waals surface area (Å²) in [5.41, 5.74) is -0.393. The number of amides is 2. The van der Waals surface area contributed by atoms with E-state index in [1.54, 1.807) is 13.8 Å². The zero-order chi connectivity index (χ0) is 19.3. The van der Waals surface area contributed by atoms with E-state index >= 15 is 0 Å². The Morgan fingerprint density at radius 3 is 2.65 bits per heavy atom. The van der Waals surface area contributed by atoms with E-state index in [2.05, 4.69) is 10.6 Å². The Balaban J connectivity index is 2.29. The molecule has 0 aromatic heterocycles. The molecule has 0 unspecified atom stereocenters. The molecule has 1 fully saturated rings. The average Bonchev–Trinajstić information content (AvgIpc) is 2.80. The van der Waals surface area contributed by atoms with Crippen molar-refractivity contribution in [3.63, 3.8) is 0 Å². The summed E-state index contributed by atoms with van der Waals surface area (Å²) < 4.78 is 40.5. The van der Waals surface area contributed by atoms with Gasteiger partial charge in [0, 0.05) is 19.6 Å². The molecule has 0 saturated carbocycles. The van der Waals surface area contributed by atoms with E-state index in [1.807, 2.05) is 0 Å². The Kier molecular flexibility index (Phi) is 6.71. The van der Waals surface area contributed by atoms with Gasteiger partial charge < -0.3 is 10.6 Å². The number of rotatable bonds is 6. The number of halogens is 1. The van der Waals surface area contributed by atoms with Crippen LogP contribution in [0.5, 0.6) is 0 Å². The molecule has 1 aromatic carbocycles. The van der Waals surface area contributed by atoms with Crippen LogP contribution in [0.1, 0.15) is 43.5 Å². The molecule has 0 bridgehead atoms. The summed E-state index contributed by atoms with van der Waals surface area (Å²) in [6, 6.07) is 2.36. The third kappa shape index (κ3) is 4.39. The second-order valence-corrected chi connectivity index (χ2v) is 7.98. The van der Waals surface area contributed by atoms with E-state index in [0.29, 0.717) is 13.0 Å². The minimum Gasteiger partial charge on any atom is -0.354 e. The normalized spacial score (nSPS) is 18.3. The first-order valence-corrected chi connectivity index (χ1v) is 10.1. The van der Waals surface area contributed by atoms with Crippen molar-refractivity contribution in [2.75, 3.05) is 19.6 Å². The first-order chi connectivity index (χ1) is 12.3. The second-order valence-electron chi connectivity index (χ2n) is 6.04. The van der Waals surface area contributed by atoms with E-state index in [-0.39, 0.29) is 23.9 Å². The summed E-state index contributed by atoms with van der Waals surface area (Å²) >= 11 is 0. The smallest absolute Gasteiger partial charge is 0.254 e. The van der Waals surface area contributed by atoms with Crippen molar-refractivity contribution in [1.29, 1.82) is 0 Å². The third-order valence-corrected chi connectivity index (χ3v) is 6.41. The lowest BCUT2D eigenvalue weighted by molar-refractivity contribution is -0.122. The Morgan fingerprint density at radius 1 is 1.31 bits per heavy atom. The highest BCUT2D eigenvalue weighted by atomic mass is 32.2. The van der Waals surface area contributed by atoms with Gasteiger partial charge in [-0.3, -0.25) is 9.59 Å². The number of nitrogens with one attached hydrogen (secondary N) is 2. The molecule has 1 aliphatic rings. The van der Waals surface area contributed by atoms with E-state index in [0.717, 1.165) is 31.0 Å². The number of hydrogen-bond acceptors (Lipinski definition) is 4. The van der Waals surface area contributed by atoms with Crippen molar-refractivity contribution < 1.29 is 22.4 Å². The van der Waals surface area contributed by atoms with Crippen LogP contribution >= 0.6 is 0 Å². The molecule has 1 aliphatic heterocycles. The highest BCUT2D eigenvalue weighted by Crippen LogP contribution is 2.19. The van der Waals surface area contributed by atoms with Gasteiger partial charge in [0.1, 0.15) is 11.9 Å². The lowest BCUT2D eigenvalue weighted by atomic mass is 10.1. The predicted molar refractivity (Wildman–Crippen MR) is 94.6 cm³/mol. The van der Waals surface area contributed by atoms with Gasteiger partial charge >= 0.3 is 0 Å². The zero-order valence-electron chi connectivity index (χ0n) is 14.9. The summed E-state index contributed by atoms with van der Waals surface area (Å²) in [5, 5.41) is 5.18. The highest BCUT2D eigenvalue weighted by Gasteiger charge is 2.27. The summed E-state index contributed by atoms with van der Waals surface area (Å²) in [4.78, 5) is 24.2. The van der Waals surface area contributed by atoms with Crippen LogP contribution in [0.15, 0.2) is 23.1 Å². The van der Waals surface area contributed by atoms with Crippen molar-refractivity contribution in [2.24, 2.45) is 0 Å². The van der Waals surface area contributed by atoms with E-state index < -0.39 is 33.4 Å². The number of sulfonamides is 1. The van der Waals surface area contributed by atoms with Crippen molar-refractivity contribution in [1.82, 2.24) is 14.9 Å². The maximum atomic E-state index is 14.1. The summed E-state index contributed by atoms with van der Waals surface area (Å²) in [6.45, 7) is 4.46. The fourth-order valence-corrected chi connectivity index (χ4v) is 4.35. The zero-order valence-corrected chi connectivity index (χ0v) is 15.7. The molecular formula is C17H24FN3O4S. The van der Waals surface area contributed by atoms with E-state index in [4.69, 9.17) is 0 Å². The molecule has 2 N–H and O–H groups in total. The molecule has 0 radical (unpaired) electrons. The molecule has 7 nitrogen and oxygen atoms in total. The Morgan fingerprint density at radius 2 is 2.00 bits per heavy atom. The van der Waals surface area contributed by atoms with Crippen LogP contribution in [0, 0.1) is 5.82 Å². The molecule has 2 rings (SSSR count). The van der Waals surface area contributed by atoms with Gasteiger partial charge in [-0.2, -0.15) is 4.31 Å². The molecule has 144 valence electrons. The summed E-state index contributed by atoms with van der Waals surface area (Å²) in [5.74, 6) is -1.96. The minimum absolute atomic E-state index is 0.155. The molecule has 2 amide bonds. The summed E-state index contributed by atoms with van der Waals surface area (Å²) in [6.07, 6.45) is 2.02. The fraction of sp³-hybridized carbons (Fsp3) is 0.529. The van der Waals surface area contributed by atoms with Crippen molar-refractivity contribution >= 4 is 21.8 Å². The van der Waals surface area contributed by atoms with Gasteiger partial charge in [0.05, 0.1) is 10.5 Å². The summed E-state index contributed by atoms with van der Waals surface area (Å²) in [7, 11) is -3.82. The largest absolute Gasteiger partial charge is 0.354 e. The van der Waals surface area contributed by atoms with E-state index in [9.17, 15) is 22.4 Å². The van der Waals surface area contributed by atoms with Crippen LogP contribution in [-0.2, 0) is 14.8 Å². The highest BCUT2D eigenvalue weighted by molar-refractivity contribution is 7.89. The van der Waals surface area contributed by atoms with Gasteiger partial charge in [-0.05, 0) is 37.5 Å². The van der Waals surface area contributed by atoms with Crippen LogP contribution in [0.3, 0.4) is 0 Å². The molecule has 0 spiro atoms. The molecule has 1 heterocycles. The third-order valence-electron chi connectivity index (χ3n) is 4.37. The SMILES string of the molecule is CCN(CC)S(=O)(=O)c1ccc(F)c(C(=O)N[C@H]2CCCCNC2=O)c1. The Hall–Kier alpha value is -2.00. The van der Waals surface area contributed by atoms with Gasteiger partial charge in [-0.1, -0.05) is 13.8 Å². The number of carbonyl (C=O) groups is 2. The average molecular weight is 385 g/mol. The maximum Gasteiger partial charge on any atom is 0.254 e. The van der Waals surface area contributed by atoms with Crippen molar-refractivity contribution in [3.8, 4) is 0 Å². The van der Waals surface area contributed by atoms with E-state index in [1.165, 1.54) is 4.31 Å². The van der Waals surface area contributed by atoms with Gasteiger partial charge in [-0.25, -0.2) is 12.8 Å². The molecule has 1 saturated heterocycles. The van der Waals surface area contributed by atoms with Crippen molar-refractivity contribution in [3.05, 3.63) is 29.6 Å². The lowest BCUT2D eigenvalue weighted by Gasteiger charge is -2.19. The predicted octanol–water partition coefficient (Wildman–Crippen LogP) is 1.25. The van der Waals surface area contributed by atoms with Gasteiger partial charge in [0.15, 0.2) is 0 Å². The van der Waals surface area contributed by atoms with Gasteiger partial charge in [0.2, 0.25) is 15.9 Å². The van der Waals surface area contributed by atoms with Crippen LogP contribution in [-0.4, -0.2) is 50.2 Å². The number of nitrogens with zero attached hydrogens (tertiary/aromatic N) is 1.